The number of carbonyl (C=O) groups is 1. The largest absolute Gasteiger partial charge is 0.357 e. The van der Waals surface area contributed by atoms with Crippen LogP contribution in [-0.4, -0.2) is 39.9 Å². The van der Waals surface area contributed by atoms with Gasteiger partial charge in [-0.25, -0.2) is 4.98 Å². The molecule has 2 aromatic rings. The van der Waals surface area contributed by atoms with E-state index in [0.29, 0.717) is 5.82 Å². The second kappa shape index (κ2) is 5.45. The Morgan fingerprint density at radius 3 is 2.70 bits per heavy atom. The van der Waals surface area contributed by atoms with Crippen LogP contribution in [-0.2, 0) is 4.79 Å². The minimum atomic E-state index is -0.274. The van der Waals surface area contributed by atoms with Crippen molar-refractivity contribution in [2.75, 3.05) is 18.4 Å². The summed E-state index contributed by atoms with van der Waals surface area (Å²) in [5.74, 6) is 0.779. The summed E-state index contributed by atoms with van der Waals surface area (Å²) >= 11 is 0. The Hall–Kier alpha value is -2.17. The Bertz CT molecular complexity index is 622. The molecule has 1 aliphatic heterocycles. The van der Waals surface area contributed by atoms with Crippen molar-refractivity contribution >= 4 is 22.8 Å². The van der Waals surface area contributed by atoms with E-state index in [1.54, 1.807) is 6.20 Å². The van der Waals surface area contributed by atoms with Gasteiger partial charge in [0.1, 0.15) is 11.9 Å². The molecule has 20 heavy (non-hydrogen) atoms. The number of likely N-dealkylation sites (tertiary alicyclic amines) is 1. The van der Waals surface area contributed by atoms with Crippen LogP contribution >= 0.6 is 0 Å². The lowest BCUT2D eigenvalue weighted by molar-refractivity contribution is -0.130. The first-order chi connectivity index (χ1) is 9.74. The number of aromatic nitrogens is 2. The van der Waals surface area contributed by atoms with Crippen molar-refractivity contribution in [3.63, 3.8) is 0 Å². The lowest BCUT2D eigenvalue weighted by Gasteiger charge is -2.21. The molecule has 5 nitrogen and oxygen atoms in total. The first kappa shape index (κ1) is 12.8. The van der Waals surface area contributed by atoms with E-state index in [1.165, 1.54) is 0 Å². The minimum absolute atomic E-state index is 0.137. The molecule has 1 atom stereocenters. The van der Waals surface area contributed by atoms with Gasteiger partial charge in [-0.1, -0.05) is 12.1 Å². The number of nitrogens with zero attached hydrogens (tertiary/aromatic N) is 3. The quantitative estimate of drug-likeness (QED) is 0.927. The van der Waals surface area contributed by atoms with Gasteiger partial charge in [0.05, 0.1) is 17.2 Å². The number of amides is 1. The second-order valence-electron chi connectivity index (χ2n) is 5.14. The lowest BCUT2D eigenvalue weighted by Crippen LogP contribution is -2.39. The lowest BCUT2D eigenvalue weighted by atomic mass is 10.3. The fourth-order valence-corrected chi connectivity index (χ4v) is 2.52. The molecule has 1 fully saturated rings. The highest BCUT2D eigenvalue weighted by molar-refractivity contribution is 5.84. The highest BCUT2D eigenvalue weighted by atomic mass is 16.2. The zero-order valence-electron chi connectivity index (χ0n) is 11.5. The van der Waals surface area contributed by atoms with Gasteiger partial charge in [-0.05, 0) is 31.9 Å². The number of para-hydroxylation sites is 2. The summed E-state index contributed by atoms with van der Waals surface area (Å²) in [7, 11) is 0. The van der Waals surface area contributed by atoms with Gasteiger partial charge in [-0.3, -0.25) is 9.78 Å². The van der Waals surface area contributed by atoms with Gasteiger partial charge in [0.25, 0.3) is 0 Å². The summed E-state index contributed by atoms with van der Waals surface area (Å²) in [6, 6.07) is 7.43. The number of hydrogen-bond donors (Lipinski definition) is 1. The second-order valence-corrected chi connectivity index (χ2v) is 5.14. The molecule has 3 rings (SSSR count). The summed E-state index contributed by atoms with van der Waals surface area (Å²) in [5, 5.41) is 3.15. The van der Waals surface area contributed by atoms with E-state index < -0.39 is 0 Å². The van der Waals surface area contributed by atoms with Gasteiger partial charge in [0, 0.05) is 13.1 Å². The van der Waals surface area contributed by atoms with Crippen LogP contribution in [0.2, 0.25) is 0 Å². The number of nitrogens with one attached hydrogen (secondary N) is 1. The van der Waals surface area contributed by atoms with Crippen molar-refractivity contribution in [3.8, 4) is 0 Å². The number of fused-ring (bicyclic) bond motifs is 1. The standard InChI is InChI=1S/C15H18N4O/c1-11(15(20)19-8-4-5-9-19)17-14-10-16-12-6-2-3-7-13(12)18-14/h2-3,6-7,10-11H,4-5,8-9H2,1H3,(H,17,18). The van der Waals surface area contributed by atoms with Crippen molar-refractivity contribution in [3.05, 3.63) is 30.5 Å². The molecule has 1 unspecified atom stereocenters. The van der Waals surface area contributed by atoms with Crippen LogP contribution in [0.5, 0.6) is 0 Å². The third kappa shape index (κ3) is 2.57. The molecular formula is C15H18N4O. The normalized spacial score (nSPS) is 16.4. The third-order valence-corrected chi connectivity index (χ3v) is 3.60. The molecule has 1 saturated heterocycles. The Kier molecular flexibility index (Phi) is 3.50. The van der Waals surface area contributed by atoms with E-state index in [0.717, 1.165) is 37.0 Å². The SMILES string of the molecule is CC(Nc1cnc2ccccc2n1)C(=O)N1CCCC1. The van der Waals surface area contributed by atoms with E-state index in [9.17, 15) is 4.79 Å². The minimum Gasteiger partial charge on any atom is -0.357 e. The molecule has 0 saturated carbocycles. The molecule has 1 N–H and O–H groups in total. The maximum Gasteiger partial charge on any atom is 0.244 e. The molecule has 0 bridgehead atoms. The smallest absolute Gasteiger partial charge is 0.244 e. The molecule has 5 heteroatoms. The molecule has 104 valence electrons. The summed E-state index contributed by atoms with van der Waals surface area (Å²) in [5.41, 5.74) is 1.69. The predicted octanol–water partition coefficient (Wildman–Crippen LogP) is 2.05. The van der Waals surface area contributed by atoms with Crippen molar-refractivity contribution in [1.29, 1.82) is 0 Å². The molecule has 0 aliphatic carbocycles. The third-order valence-electron chi connectivity index (χ3n) is 3.60. The predicted molar refractivity (Wildman–Crippen MR) is 78.4 cm³/mol. The molecule has 0 radical (unpaired) electrons. The molecule has 2 heterocycles. The van der Waals surface area contributed by atoms with E-state index in [4.69, 9.17) is 0 Å². The average Bonchev–Trinajstić information content (AvgIpc) is 3.00. The van der Waals surface area contributed by atoms with Gasteiger partial charge < -0.3 is 10.2 Å². The topological polar surface area (TPSA) is 58.1 Å². The Morgan fingerprint density at radius 2 is 1.95 bits per heavy atom. The van der Waals surface area contributed by atoms with E-state index in [1.807, 2.05) is 36.1 Å². The van der Waals surface area contributed by atoms with Crippen LogP contribution in [0.25, 0.3) is 11.0 Å². The van der Waals surface area contributed by atoms with Crippen molar-refractivity contribution in [1.82, 2.24) is 14.9 Å². The van der Waals surface area contributed by atoms with Crippen LogP contribution in [0.3, 0.4) is 0 Å². The highest BCUT2D eigenvalue weighted by Crippen LogP contribution is 2.14. The Morgan fingerprint density at radius 1 is 1.25 bits per heavy atom. The summed E-state index contributed by atoms with van der Waals surface area (Å²) in [6.45, 7) is 3.61. The molecule has 0 spiro atoms. The number of rotatable bonds is 3. The van der Waals surface area contributed by atoms with Crippen LogP contribution in [0.4, 0.5) is 5.82 Å². The number of benzene rings is 1. The zero-order chi connectivity index (χ0) is 13.9. The van der Waals surface area contributed by atoms with E-state index in [2.05, 4.69) is 15.3 Å². The summed E-state index contributed by atoms with van der Waals surface area (Å²) in [6.07, 6.45) is 3.89. The number of carbonyl (C=O) groups excluding carboxylic acids is 1. The van der Waals surface area contributed by atoms with Crippen molar-refractivity contribution in [2.24, 2.45) is 0 Å². The van der Waals surface area contributed by atoms with Gasteiger partial charge in [-0.15, -0.1) is 0 Å². The molecular weight excluding hydrogens is 252 g/mol. The monoisotopic (exact) mass is 270 g/mol. The Labute approximate surface area is 118 Å². The Balaban J connectivity index is 1.73. The molecule has 1 amide bonds. The van der Waals surface area contributed by atoms with Crippen molar-refractivity contribution in [2.45, 2.75) is 25.8 Å². The highest BCUT2D eigenvalue weighted by Gasteiger charge is 2.23. The van der Waals surface area contributed by atoms with E-state index >= 15 is 0 Å². The van der Waals surface area contributed by atoms with E-state index in [-0.39, 0.29) is 11.9 Å². The number of anilines is 1. The average molecular weight is 270 g/mol. The number of hydrogen-bond acceptors (Lipinski definition) is 4. The molecule has 1 aliphatic rings. The first-order valence-corrected chi connectivity index (χ1v) is 7.01. The fourth-order valence-electron chi connectivity index (χ4n) is 2.52. The summed E-state index contributed by atoms with van der Waals surface area (Å²) in [4.78, 5) is 23.0. The summed E-state index contributed by atoms with van der Waals surface area (Å²) < 4.78 is 0. The van der Waals surface area contributed by atoms with Crippen LogP contribution in [0.1, 0.15) is 19.8 Å². The van der Waals surface area contributed by atoms with Crippen LogP contribution in [0.15, 0.2) is 30.5 Å². The molecule has 1 aromatic carbocycles. The maximum absolute atomic E-state index is 12.2. The zero-order valence-corrected chi connectivity index (χ0v) is 11.5. The van der Waals surface area contributed by atoms with Gasteiger partial charge in [0.2, 0.25) is 5.91 Å². The fraction of sp³-hybridized carbons (Fsp3) is 0.400. The van der Waals surface area contributed by atoms with Gasteiger partial charge in [-0.2, -0.15) is 0 Å². The van der Waals surface area contributed by atoms with Gasteiger partial charge in [0.15, 0.2) is 0 Å². The maximum atomic E-state index is 12.2. The van der Waals surface area contributed by atoms with Crippen LogP contribution in [0, 0.1) is 0 Å². The first-order valence-electron chi connectivity index (χ1n) is 7.01. The van der Waals surface area contributed by atoms with Gasteiger partial charge >= 0.3 is 0 Å². The molecule has 1 aromatic heterocycles. The van der Waals surface area contributed by atoms with Crippen LogP contribution < -0.4 is 5.32 Å². The van der Waals surface area contributed by atoms with Crippen molar-refractivity contribution < 1.29 is 4.79 Å².